The maximum absolute atomic E-state index is 13.4. The van der Waals surface area contributed by atoms with Crippen LogP contribution < -0.4 is 10.6 Å². The zero-order valence-electron chi connectivity index (χ0n) is 18.0. The molecule has 4 rings (SSSR count). The van der Waals surface area contributed by atoms with Crippen molar-refractivity contribution in [3.8, 4) is 0 Å². The van der Waals surface area contributed by atoms with Crippen LogP contribution >= 0.6 is 11.6 Å². The maximum atomic E-state index is 13.4. The van der Waals surface area contributed by atoms with Crippen LogP contribution in [-0.4, -0.2) is 61.5 Å². The fourth-order valence-electron chi connectivity index (χ4n) is 5.56. The lowest BCUT2D eigenvalue weighted by molar-refractivity contribution is -0.140. The number of fused-ring (bicyclic) bond motifs is 2. The number of rotatable bonds is 4. The Kier molecular flexibility index (Phi) is 6.49. The number of hydrogen-bond donors (Lipinski definition) is 2. The Bertz CT molecular complexity index is 817. The lowest BCUT2D eigenvalue weighted by atomic mass is 9.66. The molecule has 3 fully saturated rings. The third-order valence-electron chi connectivity index (χ3n) is 7.27. The molecule has 1 amide bonds. The fraction of sp³-hybridized carbons (Fsp3) is 0.652. The fourth-order valence-corrected chi connectivity index (χ4v) is 5.73. The van der Waals surface area contributed by atoms with Crippen LogP contribution in [0.15, 0.2) is 18.2 Å². The van der Waals surface area contributed by atoms with E-state index in [1.54, 1.807) is 7.11 Å². The molecule has 7 heteroatoms. The van der Waals surface area contributed by atoms with E-state index in [0.717, 1.165) is 37.1 Å². The number of ketones is 1. The zero-order chi connectivity index (χ0) is 21.4. The van der Waals surface area contributed by atoms with E-state index in [9.17, 15) is 9.59 Å². The predicted octanol–water partition coefficient (Wildman–Crippen LogP) is 2.88. The smallest absolute Gasteiger partial charge is 0.238 e. The number of nitrogens with zero attached hydrogens (tertiary/aromatic N) is 1. The molecule has 6 nitrogen and oxygen atoms in total. The number of nitrogens with one attached hydrogen (secondary N) is 2. The number of ether oxygens (including phenoxy) is 1. The average molecular weight is 434 g/mol. The third-order valence-corrected chi connectivity index (χ3v) is 7.68. The van der Waals surface area contributed by atoms with Crippen LogP contribution in [0.4, 0.5) is 5.69 Å². The summed E-state index contributed by atoms with van der Waals surface area (Å²) >= 11 is 6.15. The molecule has 0 radical (unpaired) electrons. The van der Waals surface area contributed by atoms with E-state index in [-0.39, 0.29) is 42.5 Å². The average Bonchev–Trinajstić information content (AvgIpc) is 2.72. The molecular formula is C23H32ClN3O3. The molecule has 2 heterocycles. The molecule has 1 aliphatic carbocycles. The second-order valence-electron chi connectivity index (χ2n) is 9.21. The van der Waals surface area contributed by atoms with E-state index < -0.39 is 0 Å². The normalized spacial score (nSPS) is 34.2. The molecule has 2 saturated heterocycles. The molecule has 0 bridgehead atoms. The van der Waals surface area contributed by atoms with Crippen molar-refractivity contribution in [3.05, 3.63) is 28.8 Å². The molecule has 30 heavy (non-hydrogen) atoms. The minimum atomic E-state index is -0.0707. The van der Waals surface area contributed by atoms with E-state index in [4.69, 9.17) is 16.3 Å². The zero-order valence-corrected chi connectivity index (χ0v) is 18.7. The molecule has 164 valence electrons. The first kappa shape index (κ1) is 21.8. The summed E-state index contributed by atoms with van der Waals surface area (Å²) in [7, 11) is 1.74. The van der Waals surface area contributed by atoms with Crippen LogP contribution in [0, 0.1) is 24.7 Å². The second kappa shape index (κ2) is 8.95. The highest BCUT2D eigenvalue weighted by molar-refractivity contribution is 6.31. The number of piperidine rings is 2. The van der Waals surface area contributed by atoms with Gasteiger partial charge >= 0.3 is 0 Å². The van der Waals surface area contributed by atoms with Crippen molar-refractivity contribution in [3.63, 3.8) is 0 Å². The van der Waals surface area contributed by atoms with Crippen LogP contribution in [0.25, 0.3) is 0 Å². The summed E-state index contributed by atoms with van der Waals surface area (Å²) in [5, 5.41) is 7.39. The summed E-state index contributed by atoms with van der Waals surface area (Å²) in [6, 6.07) is 5.97. The van der Waals surface area contributed by atoms with E-state index >= 15 is 0 Å². The highest BCUT2D eigenvalue weighted by atomic mass is 35.5. The number of carbonyl (C=O) groups is 2. The third kappa shape index (κ3) is 4.28. The van der Waals surface area contributed by atoms with Gasteiger partial charge in [0.15, 0.2) is 0 Å². The summed E-state index contributed by atoms with van der Waals surface area (Å²) < 4.78 is 5.59. The topological polar surface area (TPSA) is 70.7 Å². The maximum Gasteiger partial charge on any atom is 0.238 e. The Morgan fingerprint density at radius 1 is 1.33 bits per heavy atom. The SMILES string of the molecule is COC1CC(C)C2NC3CCN(CC(=O)Nc4cccc(Cl)c4C)CC3C(=O)C2C1. The number of hydrogen-bond acceptors (Lipinski definition) is 5. The van der Waals surface area contributed by atoms with Gasteiger partial charge < -0.3 is 15.4 Å². The summed E-state index contributed by atoms with van der Waals surface area (Å²) in [6.45, 7) is 5.85. The Balaban J connectivity index is 1.38. The standard InChI is InChI=1S/C23H32ClN3O3/c1-13-9-15(30-3)10-16-22(13)26-20-7-8-27(11-17(20)23(16)29)12-21(28)25-19-6-4-5-18(24)14(19)2/h4-6,13,15-17,20,22,26H,7-12H2,1-3H3,(H,25,28). The minimum absolute atomic E-state index is 0.0165. The highest BCUT2D eigenvalue weighted by Crippen LogP contribution is 2.39. The number of carbonyl (C=O) groups excluding carboxylic acids is 2. The first-order chi connectivity index (χ1) is 14.4. The molecule has 6 unspecified atom stereocenters. The lowest BCUT2D eigenvalue weighted by Crippen LogP contribution is -2.66. The van der Waals surface area contributed by atoms with Gasteiger partial charge in [-0.25, -0.2) is 0 Å². The molecule has 6 atom stereocenters. The van der Waals surface area contributed by atoms with Gasteiger partial charge in [-0.05, 0) is 49.8 Å². The molecule has 0 aromatic heterocycles. The van der Waals surface area contributed by atoms with Gasteiger partial charge in [-0.15, -0.1) is 0 Å². The lowest BCUT2D eigenvalue weighted by Gasteiger charge is -2.51. The van der Waals surface area contributed by atoms with E-state index in [1.807, 2.05) is 25.1 Å². The van der Waals surface area contributed by atoms with Gasteiger partial charge in [0.05, 0.1) is 12.6 Å². The van der Waals surface area contributed by atoms with Gasteiger partial charge in [0.25, 0.3) is 0 Å². The van der Waals surface area contributed by atoms with Gasteiger partial charge in [0, 0.05) is 54.8 Å². The van der Waals surface area contributed by atoms with E-state index in [2.05, 4.69) is 22.5 Å². The molecule has 2 aliphatic heterocycles. The molecule has 1 aromatic rings. The van der Waals surface area contributed by atoms with Crippen LogP contribution in [0.3, 0.4) is 0 Å². The predicted molar refractivity (Wildman–Crippen MR) is 118 cm³/mol. The van der Waals surface area contributed by atoms with Gasteiger partial charge in [0.1, 0.15) is 5.78 Å². The van der Waals surface area contributed by atoms with Gasteiger partial charge in [-0.2, -0.15) is 0 Å². The van der Waals surface area contributed by atoms with Crippen molar-refractivity contribution in [2.24, 2.45) is 17.8 Å². The number of Topliss-reactive ketones (excluding diaryl/α,β-unsaturated/α-hetero) is 1. The van der Waals surface area contributed by atoms with Crippen molar-refractivity contribution < 1.29 is 14.3 Å². The Hall–Kier alpha value is -1.47. The minimum Gasteiger partial charge on any atom is -0.381 e. The van der Waals surface area contributed by atoms with Crippen LogP contribution in [0.2, 0.25) is 5.02 Å². The van der Waals surface area contributed by atoms with Crippen molar-refractivity contribution in [1.82, 2.24) is 10.2 Å². The van der Waals surface area contributed by atoms with Gasteiger partial charge in [0.2, 0.25) is 5.91 Å². The van der Waals surface area contributed by atoms with E-state index in [1.165, 1.54) is 0 Å². The Morgan fingerprint density at radius 3 is 2.90 bits per heavy atom. The van der Waals surface area contributed by atoms with Crippen LogP contribution in [-0.2, 0) is 14.3 Å². The summed E-state index contributed by atoms with van der Waals surface area (Å²) in [6.07, 6.45) is 2.86. The second-order valence-corrected chi connectivity index (χ2v) is 9.61. The monoisotopic (exact) mass is 433 g/mol. The van der Waals surface area contributed by atoms with Crippen molar-refractivity contribution in [2.45, 2.75) is 51.3 Å². The van der Waals surface area contributed by atoms with Crippen molar-refractivity contribution in [1.29, 1.82) is 0 Å². The molecule has 0 spiro atoms. The highest BCUT2D eigenvalue weighted by Gasteiger charge is 2.49. The number of methoxy groups -OCH3 is 1. The number of likely N-dealkylation sites (tertiary alicyclic amines) is 1. The molecular weight excluding hydrogens is 402 g/mol. The first-order valence-electron chi connectivity index (χ1n) is 11.0. The molecule has 1 aromatic carbocycles. The van der Waals surface area contributed by atoms with Crippen LogP contribution in [0.1, 0.15) is 31.7 Å². The Morgan fingerprint density at radius 2 is 2.13 bits per heavy atom. The molecule has 3 aliphatic rings. The van der Waals surface area contributed by atoms with Crippen molar-refractivity contribution in [2.75, 3.05) is 32.1 Å². The summed E-state index contributed by atoms with van der Waals surface area (Å²) in [5.41, 5.74) is 1.60. The number of benzene rings is 1. The quantitative estimate of drug-likeness (QED) is 0.764. The number of halogens is 1. The number of anilines is 1. The number of amides is 1. The molecule has 1 saturated carbocycles. The summed E-state index contributed by atoms with van der Waals surface area (Å²) in [4.78, 5) is 28.1. The Labute approximate surface area is 183 Å². The molecule has 2 N–H and O–H groups in total. The van der Waals surface area contributed by atoms with Crippen molar-refractivity contribution >= 4 is 29.0 Å². The summed E-state index contributed by atoms with van der Waals surface area (Å²) in [5.74, 6) is 0.682. The first-order valence-corrected chi connectivity index (χ1v) is 11.3. The van der Waals surface area contributed by atoms with Crippen LogP contribution in [0.5, 0.6) is 0 Å². The van der Waals surface area contributed by atoms with Gasteiger partial charge in [-0.3, -0.25) is 14.5 Å². The van der Waals surface area contributed by atoms with E-state index in [0.29, 0.717) is 23.3 Å². The largest absolute Gasteiger partial charge is 0.381 e. The van der Waals surface area contributed by atoms with Gasteiger partial charge in [-0.1, -0.05) is 24.6 Å².